The Morgan fingerprint density at radius 2 is 1.47 bits per heavy atom. The van der Waals surface area contributed by atoms with Crippen LogP contribution in [0.3, 0.4) is 0 Å². The molecule has 0 aromatic heterocycles. The quantitative estimate of drug-likeness (QED) is 0.297. The van der Waals surface area contributed by atoms with E-state index in [0.29, 0.717) is 5.92 Å². The molecular weight excluding hydrogens is 369 g/mol. The third-order valence-electron chi connectivity index (χ3n) is 7.75. The van der Waals surface area contributed by atoms with Crippen molar-refractivity contribution >= 4 is 0 Å². The number of nitrogens with zero attached hydrogens (tertiary/aromatic N) is 1. The molecule has 0 radical (unpaired) electrons. The van der Waals surface area contributed by atoms with Gasteiger partial charge in [-0.2, -0.15) is 9.65 Å². The van der Waals surface area contributed by atoms with Crippen molar-refractivity contribution in [1.29, 1.82) is 5.26 Å². The number of hydrogen-bond acceptors (Lipinski definition) is 1. The van der Waals surface area contributed by atoms with Crippen molar-refractivity contribution in [3.8, 4) is 6.07 Å². The van der Waals surface area contributed by atoms with Gasteiger partial charge in [-0.25, -0.2) is 0 Å². The first-order valence-electron chi connectivity index (χ1n) is 12.5. The SMILES string of the molecule is CCCc1ccc(CCCCC2CCC(C3CCC(C=C(F)C#N)CC3)CC2)cc1. The van der Waals surface area contributed by atoms with Crippen molar-refractivity contribution in [1.82, 2.24) is 0 Å². The standard InChI is InChI=1S/C28H40FN/c1-2-5-22-8-10-23(11-9-22)6-3-4-7-24-12-16-26(17-13-24)27-18-14-25(15-19-27)20-28(29)21-30/h8-11,20,24-27H,2-7,12-19H2,1H3. The van der Waals surface area contributed by atoms with E-state index in [4.69, 9.17) is 5.26 Å². The van der Waals surface area contributed by atoms with Gasteiger partial charge < -0.3 is 0 Å². The molecule has 2 heteroatoms. The molecule has 2 saturated carbocycles. The predicted molar refractivity (Wildman–Crippen MR) is 124 cm³/mol. The summed E-state index contributed by atoms with van der Waals surface area (Å²) in [5.74, 6) is 2.38. The molecule has 2 aliphatic rings. The van der Waals surface area contributed by atoms with Crippen molar-refractivity contribution in [2.75, 3.05) is 0 Å². The molecule has 0 aliphatic heterocycles. The van der Waals surface area contributed by atoms with E-state index in [2.05, 4.69) is 31.2 Å². The first-order chi connectivity index (χ1) is 14.7. The Kier molecular flexibility index (Phi) is 9.44. The van der Waals surface area contributed by atoms with Crippen LogP contribution in [0.15, 0.2) is 36.2 Å². The highest BCUT2D eigenvalue weighted by Gasteiger charge is 2.30. The molecule has 1 nitrogen and oxygen atoms in total. The van der Waals surface area contributed by atoms with Crippen molar-refractivity contribution in [2.24, 2.45) is 23.7 Å². The molecule has 2 fully saturated rings. The number of rotatable bonds is 9. The first kappa shape index (κ1) is 23.1. The van der Waals surface area contributed by atoms with Crippen LogP contribution in [0.1, 0.15) is 95.1 Å². The summed E-state index contributed by atoms with van der Waals surface area (Å²) in [6.45, 7) is 2.24. The second-order valence-electron chi connectivity index (χ2n) is 9.89. The average molecular weight is 410 g/mol. The monoisotopic (exact) mass is 409 g/mol. The summed E-state index contributed by atoms with van der Waals surface area (Å²) in [6.07, 6.45) is 19.5. The summed E-state index contributed by atoms with van der Waals surface area (Å²) in [4.78, 5) is 0. The molecule has 0 bridgehead atoms. The molecule has 0 unspecified atom stereocenters. The summed E-state index contributed by atoms with van der Waals surface area (Å²) in [6, 6.07) is 10.9. The summed E-state index contributed by atoms with van der Waals surface area (Å²) >= 11 is 0. The zero-order chi connectivity index (χ0) is 21.2. The lowest BCUT2D eigenvalue weighted by molar-refractivity contribution is 0.151. The molecule has 0 heterocycles. The summed E-state index contributed by atoms with van der Waals surface area (Å²) in [7, 11) is 0. The van der Waals surface area contributed by atoms with Crippen molar-refractivity contribution in [2.45, 2.75) is 96.8 Å². The zero-order valence-electron chi connectivity index (χ0n) is 18.9. The fourth-order valence-electron chi connectivity index (χ4n) is 5.90. The van der Waals surface area contributed by atoms with Crippen LogP contribution in [0, 0.1) is 35.0 Å². The third kappa shape index (κ3) is 7.26. The van der Waals surface area contributed by atoms with E-state index in [0.717, 1.165) is 30.6 Å². The van der Waals surface area contributed by atoms with Crippen molar-refractivity contribution < 1.29 is 4.39 Å². The molecule has 2 aliphatic carbocycles. The van der Waals surface area contributed by atoms with Crippen LogP contribution in [0.2, 0.25) is 0 Å². The van der Waals surface area contributed by atoms with Crippen molar-refractivity contribution in [3.05, 3.63) is 47.3 Å². The topological polar surface area (TPSA) is 23.8 Å². The molecule has 0 N–H and O–H groups in total. The van der Waals surface area contributed by atoms with E-state index in [9.17, 15) is 4.39 Å². The maximum absolute atomic E-state index is 13.2. The van der Waals surface area contributed by atoms with Gasteiger partial charge >= 0.3 is 0 Å². The van der Waals surface area contributed by atoms with Crippen LogP contribution >= 0.6 is 0 Å². The van der Waals surface area contributed by atoms with E-state index in [-0.39, 0.29) is 0 Å². The minimum absolute atomic E-state index is 0.292. The second-order valence-corrected chi connectivity index (χ2v) is 9.89. The molecule has 1 aromatic rings. The van der Waals surface area contributed by atoms with Crippen LogP contribution in [-0.4, -0.2) is 0 Å². The smallest absolute Gasteiger partial charge is 0.195 e. The first-order valence-corrected chi connectivity index (χ1v) is 12.5. The Bertz CT molecular complexity index is 682. The molecule has 164 valence electrons. The fourth-order valence-corrected chi connectivity index (χ4v) is 5.90. The summed E-state index contributed by atoms with van der Waals surface area (Å²) < 4.78 is 13.2. The van der Waals surface area contributed by atoms with Gasteiger partial charge in [0.05, 0.1) is 0 Å². The minimum Gasteiger partial charge on any atom is -0.195 e. The van der Waals surface area contributed by atoms with Crippen LogP contribution in [0.5, 0.6) is 0 Å². The van der Waals surface area contributed by atoms with Gasteiger partial charge in [0.25, 0.3) is 0 Å². The summed E-state index contributed by atoms with van der Waals surface area (Å²) in [5.41, 5.74) is 2.97. The molecule has 1 aromatic carbocycles. The molecule has 30 heavy (non-hydrogen) atoms. The van der Waals surface area contributed by atoms with E-state index in [1.807, 2.05) is 0 Å². The third-order valence-corrected chi connectivity index (χ3v) is 7.75. The molecule has 0 amide bonds. The van der Waals surface area contributed by atoms with Crippen LogP contribution in [0.4, 0.5) is 4.39 Å². The molecular formula is C28H40FN. The van der Waals surface area contributed by atoms with Crippen LogP contribution in [0.25, 0.3) is 0 Å². The number of benzene rings is 1. The van der Waals surface area contributed by atoms with E-state index < -0.39 is 5.83 Å². The Morgan fingerprint density at radius 1 is 0.900 bits per heavy atom. The van der Waals surface area contributed by atoms with Crippen LogP contribution < -0.4 is 0 Å². The number of halogens is 1. The lowest BCUT2D eigenvalue weighted by Gasteiger charge is -2.37. The number of nitriles is 1. The van der Waals surface area contributed by atoms with Gasteiger partial charge in [-0.05, 0) is 98.7 Å². The van der Waals surface area contributed by atoms with Gasteiger partial charge in [0.15, 0.2) is 5.83 Å². The molecule has 0 atom stereocenters. The lowest BCUT2D eigenvalue weighted by atomic mass is 9.68. The Morgan fingerprint density at radius 3 is 2.03 bits per heavy atom. The number of unbranched alkanes of at least 4 members (excludes halogenated alkanes) is 1. The second kappa shape index (κ2) is 12.3. The van der Waals surface area contributed by atoms with Gasteiger partial charge in [-0.1, -0.05) is 63.3 Å². The van der Waals surface area contributed by atoms with E-state index >= 15 is 0 Å². The Hall–Kier alpha value is -1.62. The highest BCUT2D eigenvalue weighted by molar-refractivity contribution is 5.22. The zero-order valence-corrected chi connectivity index (χ0v) is 18.9. The lowest BCUT2D eigenvalue weighted by Crippen LogP contribution is -2.25. The average Bonchev–Trinajstić information content (AvgIpc) is 2.79. The van der Waals surface area contributed by atoms with Gasteiger partial charge in [-0.15, -0.1) is 0 Å². The normalized spacial score (nSPS) is 27.6. The molecule has 0 spiro atoms. The van der Waals surface area contributed by atoms with Gasteiger partial charge in [0.1, 0.15) is 6.07 Å². The van der Waals surface area contributed by atoms with Crippen LogP contribution in [-0.2, 0) is 12.8 Å². The largest absolute Gasteiger partial charge is 0.196 e. The van der Waals surface area contributed by atoms with Gasteiger partial charge in [0.2, 0.25) is 0 Å². The highest BCUT2D eigenvalue weighted by atomic mass is 19.1. The Balaban J connectivity index is 1.28. The van der Waals surface area contributed by atoms with Crippen molar-refractivity contribution in [3.63, 3.8) is 0 Å². The predicted octanol–water partition coefficient (Wildman–Crippen LogP) is 8.34. The maximum atomic E-state index is 13.2. The molecule has 0 saturated heterocycles. The highest BCUT2D eigenvalue weighted by Crippen LogP contribution is 2.42. The number of aryl methyl sites for hydroxylation is 2. The van der Waals surface area contributed by atoms with Gasteiger partial charge in [-0.3, -0.25) is 0 Å². The van der Waals surface area contributed by atoms with E-state index in [1.165, 1.54) is 88.2 Å². The number of allylic oxidation sites excluding steroid dienone is 2. The fraction of sp³-hybridized carbons (Fsp3) is 0.679. The van der Waals surface area contributed by atoms with E-state index in [1.54, 1.807) is 12.1 Å². The minimum atomic E-state index is -0.590. The summed E-state index contributed by atoms with van der Waals surface area (Å²) in [5, 5.41) is 8.62. The number of hydrogen-bond donors (Lipinski definition) is 0. The Labute approximate surface area is 183 Å². The maximum Gasteiger partial charge on any atom is 0.196 e. The molecule has 3 rings (SSSR count). The van der Waals surface area contributed by atoms with Gasteiger partial charge in [0, 0.05) is 0 Å².